The van der Waals surface area contributed by atoms with Gasteiger partial charge in [0.1, 0.15) is 17.3 Å². The predicted octanol–water partition coefficient (Wildman–Crippen LogP) is 2.92. The van der Waals surface area contributed by atoms with Gasteiger partial charge in [-0.2, -0.15) is 4.79 Å². The van der Waals surface area contributed by atoms with Crippen LogP contribution in [0.5, 0.6) is 0 Å². The minimum Gasteiger partial charge on any atom is -0.626 e. The van der Waals surface area contributed by atoms with Crippen LogP contribution in [0.4, 0.5) is 16.2 Å². The lowest BCUT2D eigenvalue weighted by atomic mass is 9.90. The number of hydrogen-bond acceptors (Lipinski definition) is 6. The molecule has 1 saturated heterocycles. The number of rotatable bonds is 3. The molecule has 1 aromatic carbocycles. The summed E-state index contributed by atoms with van der Waals surface area (Å²) in [5.41, 5.74) is 2.27. The van der Waals surface area contributed by atoms with Gasteiger partial charge in [-0.25, -0.2) is 0 Å². The largest absolute Gasteiger partial charge is 0.626 e. The van der Waals surface area contributed by atoms with Crippen LogP contribution in [0.3, 0.4) is 0 Å². The Hall–Kier alpha value is -2.49. The van der Waals surface area contributed by atoms with Gasteiger partial charge in [-0.15, -0.1) is 4.58 Å². The number of amides is 2. The minimum atomic E-state index is -1.14. The molecule has 1 saturated carbocycles. The highest BCUT2D eigenvalue weighted by Crippen LogP contribution is 2.49. The Morgan fingerprint density at radius 2 is 2.03 bits per heavy atom. The number of aliphatic hydroxyl groups excluding tert-OH is 1. The van der Waals surface area contributed by atoms with Crippen LogP contribution in [0.15, 0.2) is 18.2 Å². The van der Waals surface area contributed by atoms with Crippen LogP contribution >= 0.6 is 0 Å². The normalized spacial score (nSPS) is 31.6. The Balaban J connectivity index is 1.38. The monoisotopic (exact) mass is 471 g/mol. The lowest BCUT2D eigenvalue weighted by Crippen LogP contribution is -2.64. The van der Waals surface area contributed by atoms with Crippen molar-refractivity contribution < 1.29 is 24.0 Å². The van der Waals surface area contributed by atoms with Crippen LogP contribution in [0.2, 0.25) is 0 Å². The number of hydroxylamine groups is 2. The van der Waals surface area contributed by atoms with Crippen molar-refractivity contribution in [1.82, 2.24) is 9.96 Å². The number of nitrogens with one attached hydrogen (secondary N) is 1. The van der Waals surface area contributed by atoms with Gasteiger partial charge in [-0.05, 0) is 51.2 Å². The maximum absolute atomic E-state index is 14.2. The topological polar surface area (TPSA) is 105 Å². The SMILES string of the molecule is CC(C)(C)OC(=O)[N+]1=CCC(c2ccc3c(c2)N(C2CC2)C[N+]3([O-])C2CCC(=O)NC2O)CC1. The number of piperidine rings is 1. The van der Waals surface area contributed by atoms with Gasteiger partial charge < -0.3 is 29.9 Å². The first kappa shape index (κ1) is 23.3. The van der Waals surface area contributed by atoms with E-state index < -0.39 is 22.5 Å². The van der Waals surface area contributed by atoms with E-state index in [1.807, 2.05) is 39.1 Å². The summed E-state index contributed by atoms with van der Waals surface area (Å²) in [6, 6.07) is 5.83. The molecule has 0 spiro atoms. The number of fused-ring (bicyclic) bond motifs is 1. The van der Waals surface area contributed by atoms with Crippen molar-refractivity contribution in [3.63, 3.8) is 0 Å². The quantitative estimate of drug-likeness (QED) is 0.399. The molecule has 4 aliphatic rings. The number of carbonyl (C=O) groups is 2. The van der Waals surface area contributed by atoms with E-state index in [2.05, 4.69) is 16.3 Å². The number of benzene rings is 1. The summed E-state index contributed by atoms with van der Waals surface area (Å²) in [4.78, 5) is 26.3. The lowest BCUT2D eigenvalue weighted by molar-refractivity contribution is -0.452. The summed E-state index contributed by atoms with van der Waals surface area (Å²) in [6.07, 6.45) is 4.77. The lowest BCUT2D eigenvalue weighted by Gasteiger charge is -2.48. The van der Waals surface area contributed by atoms with E-state index in [0.717, 1.165) is 36.9 Å². The van der Waals surface area contributed by atoms with E-state index in [1.165, 1.54) is 0 Å². The van der Waals surface area contributed by atoms with E-state index in [9.17, 15) is 19.9 Å². The number of quaternary nitrogens is 1. The van der Waals surface area contributed by atoms with Gasteiger partial charge in [0, 0.05) is 37.8 Å². The average Bonchev–Trinajstić information content (AvgIpc) is 3.57. The van der Waals surface area contributed by atoms with Crippen molar-refractivity contribution in [2.75, 3.05) is 18.1 Å². The van der Waals surface area contributed by atoms with E-state index in [1.54, 1.807) is 4.58 Å². The van der Waals surface area contributed by atoms with Crippen molar-refractivity contribution in [2.24, 2.45) is 0 Å². The Kier molecular flexibility index (Phi) is 5.69. The Bertz CT molecular complexity index is 1030. The van der Waals surface area contributed by atoms with Gasteiger partial charge >= 0.3 is 6.09 Å². The molecule has 2 amide bonds. The second-order valence-corrected chi connectivity index (χ2v) is 11.1. The van der Waals surface area contributed by atoms with Gasteiger partial charge in [-0.1, -0.05) is 6.07 Å². The van der Waals surface area contributed by atoms with Crippen molar-refractivity contribution >= 4 is 29.6 Å². The molecule has 9 nitrogen and oxygen atoms in total. The highest BCUT2D eigenvalue weighted by Gasteiger charge is 2.50. The molecule has 34 heavy (non-hydrogen) atoms. The van der Waals surface area contributed by atoms with Gasteiger partial charge in [0.05, 0.1) is 0 Å². The predicted molar refractivity (Wildman–Crippen MR) is 129 cm³/mol. The molecule has 0 bridgehead atoms. The molecule has 2 N–H and O–H groups in total. The van der Waals surface area contributed by atoms with Gasteiger partial charge in [0.2, 0.25) is 5.91 Å². The zero-order valence-electron chi connectivity index (χ0n) is 20.2. The van der Waals surface area contributed by atoms with Crippen LogP contribution < -0.4 is 14.9 Å². The zero-order chi connectivity index (χ0) is 24.3. The molecule has 0 aromatic heterocycles. The molecular formula is C25H35N4O5+. The van der Waals surface area contributed by atoms with E-state index >= 15 is 0 Å². The molecule has 4 unspecified atom stereocenters. The molecule has 1 aliphatic carbocycles. The summed E-state index contributed by atoms with van der Waals surface area (Å²) < 4.78 is 6.52. The Morgan fingerprint density at radius 1 is 1.26 bits per heavy atom. The number of anilines is 1. The second-order valence-electron chi connectivity index (χ2n) is 11.1. The Labute approximate surface area is 200 Å². The number of aliphatic hydroxyl groups is 1. The fourth-order valence-corrected chi connectivity index (χ4v) is 5.46. The third kappa shape index (κ3) is 4.32. The first-order valence-corrected chi connectivity index (χ1v) is 12.4. The first-order valence-electron chi connectivity index (χ1n) is 12.4. The highest BCUT2D eigenvalue weighted by molar-refractivity contribution is 5.79. The standard InChI is InChI=1S/C25H34N4O5/c1-25(2,3)34-24(32)27-12-10-16(11-13-27)17-4-7-20-19(14-17)28(18-5-6-18)15-29(20,33)21-8-9-22(30)26-23(21)31/h4,7,12,14,16,18,21,23,31H,5-6,8-11,13,15H2,1-3H3/p+1. The van der Waals surface area contributed by atoms with Crippen molar-refractivity contribution in [1.29, 1.82) is 0 Å². The van der Waals surface area contributed by atoms with Crippen LogP contribution in [0.25, 0.3) is 0 Å². The molecule has 2 fully saturated rings. The fraction of sp³-hybridized carbons (Fsp3) is 0.640. The average molecular weight is 472 g/mol. The smallest absolute Gasteiger partial charge is 0.596 e. The highest BCUT2D eigenvalue weighted by atomic mass is 16.6. The van der Waals surface area contributed by atoms with Crippen molar-refractivity contribution in [3.05, 3.63) is 29.0 Å². The molecule has 5 rings (SSSR count). The van der Waals surface area contributed by atoms with Crippen LogP contribution in [0, 0.1) is 5.21 Å². The number of nitrogens with zero attached hydrogens (tertiary/aromatic N) is 3. The van der Waals surface area contributed by atoms with Crippen LogP contribution in [-0.4, -0.2) is 65.0 Å². The Morgan fingerprint density at radius 3 is 2.65 bits per heavy atom. The van der Waals surface area contributed by atoms with E-state index in [4.69, 9.17) is 4.74 Å². The maximum Gasteiger partial charge on any atom is 0.596 e. The van der Waals surface area contributed by atoms with E-state index in [0.29, 0.717) is 24.7 Å². The van der Waals surface area contributed by atoms with Gasteiger partial charge in [-0.3, -0.25) is 4.79 Å². The van der Waals surface area contributed by atoms with Crippen molar-refractivity contribution in [2.45, 2.75) is 89.1 Å². The molecule has 9 heteroatoms. The molecule has 184 valence electrons. The summed E-state index contributed by atoms with van der Waals surface area (Å²) in [7, 11) is 0. The fourth-order valence-electron chi connectivity index (χ4n) is 5.46. The minimum absolute atomic E-state index is 0.210. The summed E-state index contributed by atoms with van der Waals surface area (Å²) in [5.74, 6) is 0.0527. The molecule has 3 heterocycles. The number of hydrogen-bond donors (Lipinski definition) is 2. The molecule has 1 aromatic rings. The third-order valence-corrected chi connectivity index (χ3v) is 7.37. The second kappa shape index (κ2) is 8.32. The summed E-state index contributed by atoms with van der Waals surface area (Å²) >= 11 is 0. The van der Waals surface area contributed by atoms with Crippen molar-refractivity contribution in [3.8, 4) is 0 Å². The molecular weight excluding hydrogens is 436 g/mol. The molecule has 3 aliphatic heterocycles. The third-order valence-electron chi connectivity index (χ3n) is 7.37. The molecule has 4 atom stereocenters. The molecule has 0 radical (unpaired) electrons. The number of ether oxygens (including phenoxy) is 1. The first-order chi connectivity index (χ1) is 16.0. The van der Waals surface area contributed by atoms with E-state index in [-0.39, 0.29) is 31.0 Å². The maximum atomic E-state index is 14.2. The summed E-state index contributed by atoms with van der Waals surface area (Å²) in [5, 5.41) is 27.2. The van der Waals surface area contributed by atoms with Crippen LogP contribution in [0.1, 0.15) is 70.8 Å². The zero-order valence-corrected chi connectivity index (χ0v) is 20.2. The van der Waals surface area contributed by atoms with Gasteiger partial charge in [0.25, 0.3) is 0 Å². The summed E-state index contributed by atoms with van der Waals surface area (Å²) in [6.45, 7) is 6.45. The number of carbonyl (C=O) groups excluding carboxylic acids is 2. The van der Waals surface area contributed by atoms with Gasteiger partial charge in [0.15, 0.2) is 31.3 Å². The van der Waals surface area contributed by atoms with Crippen LogP contribution in [-0.2, 0) is 9.53 Å².